The van der Waals surface area contributed by atoms with Gasteiger partial charge in [-0.15, -0.1) is 13.2 Å². The zero-order chi connectivity index (χ0) is 12.9. The van der Waals surface area contributed by atoms with Gasteiger partial charge in [-0.2, -0.15) is 4.99 Å². The van der Waals surface area contributed by atoms with Gasteiger partial charge in [0.15, 0.2) is 0 Å². The third-order valence-electron chi connectivity index (χ3n) is 2.33. The van der Waals surface area contributed by atoms with Crippen molar-refractivity contribution in [3.05, 3.63) is 35.9 Å². The van der Waals surface area contributed by atoms with Gasteiger partial charge in [-0.05, 0) is 13.8 Å². The molecule has 0 atom stereocenters. The minimum atomic E-state index is -4.55. The van der Waals surface area contributed by atoms with Crippen LogP contribution in [0.15, 0.2) is 35.3 Å². The van der Waals surface area contributed by atoms with Gasteiger partial charge in [-0.3, -0.25) is 0 Å². The van der Waals surface area contributed by atoms with Gasteiger partial charge in [0.1, 0.15) is 5.84 Å². The van der Waals surface area contributed by atoms with E-state index in [1.54, 1.807) is 49.1 Å². The van der Waals surface area contributed by atoms with Crippen LogP contribution >= 0.6 is 0 Å². The predicted octanol–water partition coefficient (Wildman–Crippen LogP) is 3.29. The lowest BCUT2D eigenvalue weighted by atomic mass is 10.2. The van der Waals surface area contributed by atoms with Gasteiger partial charge in [0.05, 0.1) is 0 Å². The molecule has 2 nitrogen and oxygen atoms in total. The minimum Gasteiger partial charge on any atom is -0.357 e. The summed E-state index contributed by atoms with van der Waals surface area (Å²) in [6.07, 6.45) is -4.55. The first-order chi connectivity index (χ1) is 7.98. The van der Waals surface area contributed by atoms with Crippen LogP contribution in [0.25, 0.3) is 0 Å². The Morgan fingerprint density at radius 1 is 1.12 bits per heavy atom. The molecule has 0 aromatic heterocycles. The van der Waals surface area contributed by atoms with Crippen LogP contribution in [0, 0.1) is 0 Å². The number of aliphatic imine (C=N–C) groups is 1. The lowest BCUT2D eigenvalue weighted by Gasteiger charge is -2.23. The van der Waals surface area contributed by atoms with Crippen molar-refractivity contribution in [1.29, 1.82) is 0 Å². The highest BCUT2D eigenvalue weighted by Crippen LogP contribution is 2.19. The van der Waals surface area contributed by atoms with Crippen LogP contribution in [-0.2, 0) is 0 Å². The lowest BCUT2D eigenvalue weighted by molar-refractivity contribution is -0.120. The maximum absolute atomic E-state index is 12.4. The highest BCUT2D eigenvalue weighted by atomic mass is 19.4. The Morgan fingerprint density at radius 2 is 1.65 bits per heavy atom. The largest absolute Gasteiger partial charge is 0.505 e. The molecule has 0 N–H and O–H groups in total. The van der Waals surface area contributed by atoms with E-state index in [0.29, 0.717) is 18.7 Å². The predicted molar refractivity (Wildman–Crippen MR) is 62.0 cm³/mol. The van der Waals surface area contributed by atoms with E-state index in [2.05, 4.69) is 4.99 Å². The SMILES string of the molecule is CCN(CC)/C(=N/C(F)(F)F)c1ccccc1. The lowest BCUT2D eigenvalue weighted by Crippen LogP contribution is -2.33. The molecule has 0 bridgehead atoms. The average Bonchev–Trinajstić information content (AvgIpc) is 2.29. The van der Waals surface area contributed by atoms with Gasteiger partial charge >= 0.3 is 6.30 Å². The molecule has 0 aliphatic carbocycles. The second-order valence-corrected chi connectivity index (χ2v) is 3.44. The van der Waals surface area contributed by atoms with Crippen LogP contribution in [0.2, 0.25) is 0 Å². The first-order valence-corrected chi connectivity index (χ1v) is 5.45. The van der Waals surface area contributed by atoms with Crippen molar-refractivity contribution in [3.8, 4) is 0 Å². The van der Waals surface area contributed by atoms with Crippen molar-refractivity contribution in [1.82, 2.24) is 4.90 Å². The molecule has 0 spiro atoms. The summed E-state index contributed by atoms with van der Waals surface area (Å²) in [5.41, 5.74) is 0.480. The molecule has 0 saturated carbocycles. The normalized spacial score (nSPS) is 12.6. The van der Waals surface area contributed by atoms with Crippen LogP contribution in [0.4, 0.5) is 13.2 Å². The third kappa shape index (κ3) is 4.09. The van der Waals surface area contributed by atoms with E-state index in [9.17, 15) is 13.2 Å². The molecule has 0 radical (unpaired) electrons. The van der Waals surface area contributed by atoms with Crippen LogP contribution in [0.1, 0.15) is 19.4 Å². The molecular formula is C12H15F3N2. The number of hydrogen-bond donors (Lipinski definition) is 0. The molecule has 1 rings (SSSR count). The molecule has 17 heavy (non-hydrogen) atoms. The molecule has 0 saturated heterocycles. The summed E-state index contributed by atoms with van der Waals surface area (Å²) in [5, 5.41) is 0. The summed E-state index contributed by atoms with van der Waals surface area (Å²) in [6, 6.07) is 8.41. The van der Waals surface area contributed by atoms with Gasteiger partial charge in [0.25, 0.3) is 0 Å². The van der Waals surface area contributed by atoms with Crippen molar-refractivity contribution >= 4 is 5.84 Å². The maximum Gasteiger partial charge on any atom is 0.505 e. The van der Waals surface area contributed by atoms with Gasteiger partial charge in [0, 0.05) is 18.7 Å². The fourth-order valence-corrected chi connectivity index (χ4v) is 1.55. The Bertz CT molecular complexity index is 367. The third-order valence-corrected chi connectivity index (χ3v) is 2.33. The molecule has 0 unspecified atom stereocenters. The summed E-state index contributed by atoms with van der Waals surface area (Å²) >= 11 is 0. The van der Waals surface area contributed by atoms with Crippen molar-refractivity contribution in [3.63, 3.8) is 0 Å². The van der Waals surface area contributed by atoms with Crippen LogP contribution < -0.4 is 0 Å². The number of halogens is 3. The van der Waals surface area contributed by atoms with Crippen LogP contribution in [0.5, 0.6) is 0 Å². The zero-order valence-electron chi connectivity index (χ0n) is 9.83. The first-order valence-electron chi connectivity index (χ1n) is 5.45. The molecule has 0 amide bonds. The van der Waals surface area contributed by atoms with E-state index >= 15 is 0 Å². The van der Waals surface area contributed by atoms with Crippen molar-refractivity contribution in [2.24, 2.45) is 4.99 Å². The summed E-state index contributed by atoms with van der Waals surface area (Å²) < 4.78 is 37.2. The second-order valence-electron chi connectivity index (χ2n) is 3.44. The average molecular weight is 244 g/mol. The van der Waals surface area contributed by atoms with Crippen LogP contribution in [-0.4, -0.2) is 30.1 Å². The standard InChI is InChI=1S/C12H15F3N2/c1-3-17(4-2)11(16-12(13,14)15)10-8-6-5-7-9-10/h5-9H,3-4H2,1-2H3/b16-11+. The fourth-order valence-electron chi connectivity index (χ4n) is 1.55. The molecule has 0 aliphatic heterocycles. The molecule has 0 fully saturated rings. The number of alkyl halides is 3. The summed E-state index contributed by atoms with van der Waals surface area (Å²) in [5.74, 6) is -0.0249. The Kier molecular flexibility index (Phi) is 4.54. The van der Waals surface area contributed by atoms with Gasteiger partial charge in [-0.1, -0.05) is 30.3 Å². The van der Waals surface area contributed by atoms with Crippen molar-refractivity contribution in [2.45, 2.75) is 20.1 Å². The van der Waals surface area contributed by atoms with E-state index < -0.39 is 6.30 Å². The Labute approximate surface area is 98.8 Å². The van der Waals surface area contributed by atoms with Gasteiger partial charge in [-0.25, -0.2) is 0 Å². The first kappa shape index (κ1) is 13.5. The number of rotatable bonds is 3. The van der Waals surface area contributed by atoms with Crippen LogP contribution in [0.3, 0.4) is 0 Å². The van der Waals surface area contributed by atoms with Crippen molar-refractivity contribution < 1.29 is 13.2 Å². The summed E-state index contributed by atoms with van der Waals surface area (Å²) in [7, 11) is 0. The number of hydrogen-bond acceptors (Lipinski definition) is 1. The zero-order valence-corrected chi connectivity index (χ0v) is 9.83. The summed E-state index contributed by atoms with van der Waals surface area (Å²) in [6.45, 7) is 4.58. The van der Waals surface area contributed by atoms with E-state index in [1.165, 1.54) is 0 Å². The molecule has 1 aromatic carbocycles. The molecule has 0 heterocycles. The Hall–Kier alpha value is -1.52. The number of benzene rings is 1. The topological polar surface area (TPSA) is 15.6 Å². The van der Waals surface area contributed by atoms with Gasteiger partial charge in [0.2, 0.25) is 0 Å². The molecule has 5 heteroatoms. The maximum atomic E-state index is 12.4. The minimum absolute atomic E-state index is 0.0249. The molecular weight excluding hydrogens is 229 g/mol. The highest BCUT2D eigenvalue weighted by molar-refractivity contribution is 5.98. The fraction of sp³-hybridized carbons (Fsp3) is 0.417. The quantitative estimate of drug-likeness (QED) is 0.452. The monoisotopic (exact) mass is 244 g/mol. The Balaban J connectivity index is 3.16. The molecule has 0 aliphatic rings. The number of nitrogens with zero attached hydrogens (tertiary/aromatic N) is 2. The number of amidine groups is 1. The molecule has 94 valence electrons. The summed E-state index contributed by atoms with van der Waals surface area (Å²) in [4.78, 5) is 4.45. The van der Waals surface area contributed by atoms with E-state index in [1.807, 2.05) is 0 Å². The Morgan fingerprint density at radius 3 is 2.06 bits per heavy atom. The second kappa shape index (κ2) is 5.70. The van der Waals surface area contributed by atoms with E-state index in [-0.39, 0.29) is 5.84 Å². The van der Waals surface area contributed by atoms with Crippen molar-refractivity contribution in [2.75, 3.05) is 13.1 Å². The van der Waals surface area contributed by atoms with E-state index in [0.717, 1.165) is 0 Å². The highest BCUT2D eigenvalue weighted by Gasteiger charge is 2.28. The van der Waals surface area contributed by atoms with E-state index in [4.69, 9.17) is 0 Å². The van der Waals surface area contributed by atoms with Gasteiger partial charge < -0.3 is 4.90 Å². The smallest absolute Gasteiger partial charge is 0.357 e. The molecule has 1 aromatic rings.